The van der Waals surface area contributed by atoms with Gasteiger partial charge >= 0.3 is 0 Å². The number of unbranched alkanes of at least 4 members (excludes halogenated alkanes) is 2. The molecule has 1 amide bonds. The lowest BCUT2D eigenvalue weighted by Gasteiger charge is -2.27. The highest BCUT2D eigenvalue weighted by atomic mass is 79.9. The second-order valence-corrected chi connectivity index (χ2v) is 7.94. The van der Waals surface area contributed by atoms with Crippen LogP contribution in [0.15, 0.2) is 28.7 Å². The highest BCUT2D eigenvalue weighted by Gasteiger charge is 2.33. The minimum atomic E-state index is -1.65. The van der Waals surface area contributed by atoms with E-state index in [-0.39, 0.29) is 5.91 Å². The summed E-state index contributed by atoms with van der Waals surface area (Å²) in [6.45, 7) is 2.08. The smallest absolute Gasteiger partial charge is 0.228 e. The minimum absolute atomic E-state index is 0.135. The molecule has 0 aliphatic heterocycles. The third-order valence-electron chi connectivity index (χ3n) is 2.80. The first-order valence-electron chi connectivity index (χ1n) is 6.71. The molecule has 0 saturated heterocycles. The SMILES string of the molecule is CCCCCC(=O)N[C@H](Nc1ccc(Br)cc1)C(Cl)(Cl)Cl. The molecule has 0 radical (unpaired) electrons. The zero-order valence-electron chi connectivity index (χ0n) is 11.6. The number of hydrogen-bond donors (Lipinski definition) is 2. The van der Waals surface area contributed by atoms with Crippen LogP contribution in [0.4, 0.5) is 5.69 Å². The normalized spacial score (nSPS) is 12.8. The standard InChI is InChI=1S/C14H18BrCl3N2O/c1-2-3-4-5-12(21)20-13(14(16,17)18)19-11-8-6-10(15)7-9-11/h6-9,13,19H,2-5H2,1H3,(H,20,21)/t13-/m0/s1. The predicted octanol–water partition coefficient (Wildman–Crippen LogP) is 5.25. The third kappa shape index (κ3) is 7.59. The van der Waals surface area contributed by atoms with Crippen LogP contribution in [0.3, 0.4) is 0 Å². The summed E-state index contributed by atoms with van der Waals surface area (Å²) in [4.78, 5) is 11.9. The van der Waals surface area contributed by atoms with Crippen molar-refractivity contribution in [2.45, 2.75) is 42.6 Å². The average molecular weight is 417 g/mol. The van der Waals surface area contributed by atoms with Crippen molar-refractivity contribution in [1.29, 1.82) is 0 Å². The number of carbonyl (C=O) groups is 1. The molecule has 0 bridgehead atoms. The number of alkyl halides is 3. The summed E-state index contributed by atoms with van der Waals surface area (Å²) in [5.41, 5.74) is 0.753. The number of rotatable bonds is 7. The van der Waals surface area contributed by atoms with Gasteiger partial charge in [-0.25, -0.2) is 0 Å². The summed E-state index contributed by atoms with van der Waals surface area (Å²) >= 11 is 21.1. The molecule has 0 saturated carbocycles. The monoisotopic (exact) mass is 414 g/mol. The maximum absolute atomic E-state index is 11.9. The van der Waals surface area contributed by atoms with Crippen LogP contribution < -0.4 is 10.6 Å². The van der Waals surface area contributed by atoms with Crippen LogP contribution in [0.25, 0.3) is 0 Å². The van der Waals surface area contributed by atoms with Gasteiger partial charge in [-0.3, -0.25) is 4.79 Å². The lowest BCUT2D eigenvalue weighted by Crippen LogP contribution is -2.49. The Morgan fingerprint density at radius 1 is 1.24 bits per heavy atom. The van der Waals surface area contributed by atoms with E-state index in [0.717, 1.165) is 29.4 Å². The van der Waals surface area contributed by atoms with Gasteiger partial charge in [0.2, 0.25) is 9.70 Å². The van der Waals surface area contributed by atoms with E-state index < -0.39 is 9.96 Å². The number of carbonyl (C=O) groups excluding carboxylic acids is 1. The van der Waals surface area contributed by atoms with Gasteiger partial charge in [0.1, 0.15) is 6.17 Å². The number of benzene rings is 1. The zero-order valence-corrected chi connectivity index (χ0v) is 15.5. The first-order chi connectivity index (χ1) is 9.82. The molecule has 1 aromatic carbocycles. The van der Waals surface area contributed by atoms with Crippen molar-refractivity contribution in [2.24, 2.45) is 0 Å². The Labute approximate surface area is 148 Å². The van der Waals surface area contributed by atoms with Gasteiger partial charge in [-0.15, -0.1) is 0 Å². The number of amides is 1. The van der Waals surface area contributed by atoms with Crippen molar-refractivity contribution in [3.05, 3.63) is 28.7 Å². The molecule has 3 nitrogen and oxygen atoms in total. The fourth-order valence-electron chi connectivity index (χ4n) is 1.68. The van der Waals surface area contributed by atoms with Crippen LogP contribution in [0.1, 0.15) is 32.6 Å². The first kappa shape index (κ1) is 18.9. The largest absolute Gasteiger partial charge is 0.362 e. The van der Waals surface area contributed by atoms with E-state index in [2.05, 4.69) is 33.5 Å². The van der Waals surface area contributed by atoms with Crippen LogP contribution in [0.5, 0.6) is 0 Å². The Hall–Kier alpha value is -0.160. The highest BCUT2D eigenvalue weighted by molar-refractivity contribution is 9.10. The van der Waals surface area contributed by atoms with E-state index in [1.807, 2.05) is 24.3 Å². The summed E-state index contributed by atoms with van der Waals surface area (Å²) in [6.07, 6.45) is 2.52. The molecule has 7 heteroatoms. The maximum atomic E-state index is 11.9. The van der Waals surface area contributed by atoms with Gasteiger partial charge in [-0.2, -0.15) is 0 Å². The summed E-state index contributed by atoms with van der Waals surface area (Å²) in [5, 5.41) is 5.74. The van der Waals surface area contributed by atoms with Gasteiger partial charge in [0, 0.05) is 16.6 Å². The van der Waals surface area contributed by atoms with E-state index in [9.17, 15) is 4.79 Å². The fraction of sp³-hybridized carbons (Fsp3) is 0.500. The molecule has 0 spiro atoms. The topological polar surface area (TPSA) is 41.1 Å². The van der Waals surface area contributed by atoms with Gasteiger partial charge in [-0.1, -0.05) is 70.5 Å². The Kier molecular flexibility index (Phi) is 8.17. The summed E-state index contributed by atoms with van der Waals surface area (Å²) < 4.78 is -0.699. The Bertz CT molecular complexity index is 449. The summed E-state index contributed by atoms with van der Waals surface area (Å²) in [6, 6.07) is 7.38. The van der Waals surface area contributed by atoms with E-state index in [1.54, 1.807) is 0 Å². The van der Waals surface area contributed by atoms with Crippen LogP contribution in [0, 0.1) is 0 Å². The average Bonchev–Trinajstić information content (AvgIpc) is 2.40. The van der Waals surface area contributed by atoms with Crippen LogP contribution >= 0.6 is 50.7 Å². The fourth-order valence-corrected chi connectivity index (χ4v) is 2.27. The molecular formula is C14H18BrCl3N2O. The van der Waals surface area contributed by atoms with E-state index in [1.165, 1.54) is 0 Å². The second-order valence-electron chi connectivity index (χ2n) is 4.65. The Balaban J connectivity index is 2.64. The van der Waals surface area contributed by atoms with Crippen molar-refractivity contribution in [3.8, 4) is 0 Å². The van der Waals surface area contributed by atoms with Crippen LogP contribution in [-0.2, 0) is 4.79 Å². The molecule has 0 aliphatic carbocycles. The van der Waals surface area contributed by atoms with Gasteiger partial charge in [0.25, 0.3) is 0 Å². The number of halogens is 4. The molecular weight excluding hydrogens is 398 g/mol. The van der Waals surface area contributed by atoms with Gasteiger partial charge < -0.3 is 10.6 Å². The highest BCUT2D eigenvalue weighted by Crippen LogP contribution is 2.31. The van der Waals surface area contributed by atoms with Crippen molar-refractivity contribution in [2.75, 3.05) is 5.32 Å². The molecule has 1 aromatic rings. The van der Waals surface area contributed by atoms with Gasteiger partial charge in [0.05, 0.1) is 0 Å². The molecule has 2 N–H and O–H groups in total. The zero-order chi connectivity index (χ0) is 15.9. The quantitative estimate of drug-likeness (QED) is 0.362. The second kappa shape index (κ2) is 9.09. The molecule has 0 fully saturated rings. The van der Waals surface area contributed by atoms with Crippen LogP contribution in [-0.4, -0.2) is 15.9 Å². The van der Waals surface area contributed by atoms with E-state index in [0.29, 0.717) is 6.42 Å². The van der Waals surface area contributed by atoms with Crippen molar-refractivity contribution < 1.29 is 4.79 Å². The molecule has 0 aliphatic rings. The van der Waals surface area contributed by atoms with Crippen molar-refractivity contribution in [1.82, 2.24) is 5.32 Å². The molecule has 21 heavy (non-hydrogen) atoms. The minimum Gasteiger partial charge on any atom is -0.362 e. The summed E-state index contributed by atoms with van der Waals surface area (Å²) in [7, 11) is 0. The van der Waals surface area contributed by atoms with Crippen LogP contribution in [0.2, 0.25) is 0 Å². The van der Waals surface area contributed by atoms with Gasteiger partial charge in [0.15, 0.2) is 0 Å². The molecule has 0 unspecified atom stereocenters. The third-order valence-corrected chi connectivity index (χ3v) is 3.98. The molecule has 1 rings (SSSR count). The number of nitrogens with one attached hydrogen (secondary N) is 2. The summed E-state index contributed by atoms with van der Waals surface area (Å²) in [5.74, 6) is -0.135. The van der Waals surface area contributed by atoms with Crippen molar-refractivity contribution >= 4 is 62.3 Å². The number of hydrogen-bond acceptors (Lipinski definition) is 2. The Morgan fingerprint density at radius 3 is 2.38 bits per heavy atom. The first-order valence-corrected chi connectivity index (χ1v) is 8.63. The molecule has 118 valence electrons. The Morgan fingerprint density at radius 2 is 1.86 bits per heavy atom. The predicted molar refractivity (Wildman–Crippen MR) is 94.1 cm³/mol. The maximum Gasteiger partial charge on any atom is 0.228 e. The van der Waals surface area contributed by atoms with Gasteiger partial charge in [-0.05, 0) is 30.7 Å². The lowest BCUT2D eigenvalue weighted by atomic mass is 10.2. The van der Waals surface area contributed by atoms with E-state index >= 15 is 0 Å². The van der Waals surface area contributed by atoms with E-state index in [4.69, 9.17) is 34.8 Å². The lowest BCUT2D eigenvalue weighted by molar-refractivity contribution is -0.121. The van der Waals surface area contributed by atoms with Crippen molar-refractivity contribution in [3.63, 3.8) is 0 Å². The number of anilines is 1. The molecule has 0 aromatic heterocycles. The molecule has 1 atom stereocenters. The molecule has 0 heterocycles.